The van der Waals surface area contributed by atoms with Gasteiger partial charge < -0.3 is 5.11 Å². The smallest absolute Gasteiger partial charge is 0.232 e. The number of aryl methyl sites for hydroxylation is 1. The van der Waals surface area contributed by atoms with Gasteiger partial charge in [-0.2, -0.15) is 0 Å². The molecule has 16 heavy (non-hydrogen) atoms. The minimum Gasteiger partial charge on any atom is -0.506 e. The van der Waals surface area contributed by atoms with E-state index in [9.17, 15) is 13.5 Å². The van der Waals surface area contributed by atoms with Crippen molar-refractivity contribution in [2.45, 2.75) is 26.7 Å². The van der Waals surface area contributed by atoms with Crippen LogP contribution in [0.1, 0.15) is 25.3 Å². The number of hydrogen-bond acceptors (Lipinski definition) is 3. The van der Waals surface area contributed by atoms with Crippen LogP contribution < -0.4 is 4.72 Å². The molecule has 1 aromatic rings. The molecule has 5 heteroatoms. The summed E-state index contributed by atoms with van der Waals surface area (Å²) in [6, 6.07) is 4.84. The lowest BCUT2D eigenvalue weighted by Crippen LogP contribution is -2.16. The van der Waals surface area contributed by atoms with Gasteiger partial charge in [-0.15, -0.1) is 0 Å². The van der Waals surface area contributed by atoms with Gasteiger partial charge >= 0.3 is 0 Å². The van der Waals surface area contributed by atoms with E-state index in [4.69, 9.17) is 0 Å². The third-order valence-corrected chi connectivity index (χ3v) is 3.54. The summed E-state index contributed by atoms with van der Waals surface area (Å²) in [4.78, 5) is 0. The lowest BCUT2D eigenvalue weighted by atomic mass is 10.2. The number of hydrogen-bond donors (Lipinski definition) is 2. The Balaban J connectivity index is 2.80. The molecule has 0 atom stereocenters. The van der Waals surface area contributed by atoms with Crippen molar-refractivity contribution >= 4 is 15.7 Å². The molecule has 2 N–H and O–H groups in total. The van der Waals surface area contributed by atoms with Crippen LogP contribution in [0.15, 0.2) is 18.2 Å². The second-order valence-electron chi connectivity index (χ2n) is 3.80. The van der Waals surface area contributed by atoms with Crippen molar-refractivity contribution < 1.29 is 13.5 Å². The van der Waals surface area contributed by atoms with Gasteiger partial charge in [-0.1, -0.05) is 19.4 Å². The molecule has 90 valence electrons. The van der Waals surface area contributed by atoms with Gasteiger partial charge in [0.1, 0.15) is 5.75 Å². The summed E-state index contributed by atoms with van der Waals surface area (Å²) >= 11 is 0. The first kappa shape index (κ1) is 12.8. The third-order valence-electron chi connectivity index (χ3n) is 2.19. The Morgan fingerprint density at radius 1 is 1.38 bits per heavy atom. The molecule has 0 heterocycles. The van der Waals surface area contributed by atoms with E-state index in [2.05, 4.69) is 4.72 Å². The summed E-state index contributed by atoms with van der Waals surface area (Å²) < 4.78 is 25.5. The summed E-state index contributed by atoms with van der Waals surface area (Å²) in [7, 11) is -3.34. The van der Waals surface area contributed by atoms with Gasteiger partial charge in [-0.05, 0) is 31.0 Å². The molecule has 0 fully saturated rings. The van der Waals surface area contributed by atoms with Crippen molar-refractivity contribution in [1.82, 2.24) is 0 Å². The van der Waals surface area contributed by atoms with Crippen LogP contribution in [0.2, 0.25) is 0 Å². The van der Waals surface area contributed by atoms with E-state index in [1.54, 1.807) is 12.1 Å². The average Bonchev–Trinajstić information content (AvgIpc) is 2.19. The van der Waals surface area contributed by atoms with Crippen LogP contribution in [-0.2, 0) is 10.0 Å². The summed E-state index contributed by atoms with van der Waals surface area (Å²) in [5, 5.41) is 9.55. The summed E-state index contributed by atoms with van der Waals surface area (Å²) in [6.07, 6.45) is 1.43. The zero-order chi connectivity index (χ0) is 12.2. The molecule has 0 spiro atoms. The quantitative estimate of drug-likeness (QED) is 0.779. The molecule has 0 saturated carbocycles. The van der Waals surface area contributed by atoms with Gasteiger partial charge in [0.25, 0.3) is 0 Å². The maximum atomic E-state index is 11.6. The van der Waals surface area contributed by atoms with Crippen molar-refractivity contribution in [3.05, 3.63) is 23.8 Å². The molecule has 0 amide bonds. The van der Waals surface area contributed by atoms with Crippen LogP contribution in [-0.4, -0.2) is 19.3 Å². The number of anilines is 1. The minimum atomic E-state index is -3.34. The third kappa shape index (κ3) is 3.73. The zero-order valence-corrected chi connectivity index (χ0v) is 10.3. The van der Waals surface area contributed by atoms with E-state index in [1.165, 1.54) is 6.07 Å². The van der Waals surface area contributed by atoms with Gasteiger partial charge in [0.2, 0.25) is 10.0 Å². The Labute approximate surface area is 96.4 Å². The summed E-state index contributed by atoms with van der Waals surface area (Å²) in [5.41, 5.74) is 1.12. The summed E-state index contributed by atoms with van der Waals surface area (Å²) in [6.45, 7) is 3.76. The second kappa shape index (κ2) is 5.21. The molecule has 0 radical (unpaired) electrons. The molecule has 0 bridgehead atoms. The molecular formula is C11H17NO3S. The van der Waals surface area contributed by atoms with Crippen LogP contribution >= 0.6 is 0 Å². The maximum Gasteiger partial charge on any atom is 0.232 e. The number of sulfonamides is 1. The van der Waals surface area contributed by atoms with Crippen LogP contribution in [0.3, 0.4) is 0 Å². The Bertz CT molecular complexity index is 454. The minimum absolute atomic E-state index is 0.0416. The Hall–Kier alpha value is -1.23. The van der Waals surface area contributed by atoms with E-state index in [-0.39, 0.29) is 17.2 Å². The predicted molar refractivity (Wildman–Crippen MR) is 65.2 cm³/mol. The Kier molecular flexibility index (Phi) is 4.18. The van der Waals surface area contributed by atoms with Gasteiger partial charge in [0.05, 0.1) is 11.4 Å². The first-order valence-electron chi connectivity index (χ1n) is 5.24. The zero-order valence-electron chi connectivity index (χ0n) is 9.53. The number of benzene rings is 1. The number of rotatable bonds is 5. The topological polar surface area (TPSA) is 66.4 Å². The van der Waals surface area contributed by atoms with Crippen LogP contribution in [0.25, 0.3) is 0 Å². The van der Waals surface area contributed by atoms with Crippen LogP contribution in [0.4, 0.5) is 5.69 Å². The van der Waals surface area contributed by atoms with Crippen LogP contribution in [0, 0.1) is 6.92 Å². The largest absolute Gasteiger partial charge is 0.506 e. The van der Waals surface area contributed by atoms with Gasteiger partial charge in [-0.25, -0.2) is 8.42 Å². The van der Waals surface area contributed by atoms with Gasteiger partial charge in [0, 0.05) is 0 Å². The lowest BCUT2D eigenvalue weighted by molar-refractivity contribution is 0.477. The van der Waals surface area contributed by atoms with E-state index >= 15 is 0 Å². The van der Waals surface area contributed by atoms with Gasteiger partial charge in [0.15, 0.2) is 0 Å². The summed E-state index contributed by atoms with van der Waals surface area (Å²) in [5.74, 6) is 0.0386. The first-order chi connectivity index (χ1) is 7.44. The van der Waals surface area contributed by atoms with E-state index in [0.717, 1.165) is 12.0 Å². The van der Waals surface area contributed by atoms with Crippen molar-refractivity contribution in [2.75, 3.05) is 10.5 Å². The molecule has 1 rings (SSSR count). The molecule has 1 aromatic carbocycles. The highest BCUT2D eigenvalue weighted by molar-refractivity contribution is 7.92. The fraction of sp³-hybridized carbons (Fsp3) is 0.455. The molecule has 4 nitrogen and oxygen atoms in total. The number of nitrogens with one attached hydrogen (secondary N) is 1. The molecule has 0 aromatic heterocycles. The number of aromatic hydroxyl groups is 1. The molecule has 0 saturated heterocycles. The fourth-order valence-corrected chi connectivity index (χ4v) is 2.56. The first-order valence-corrected chi connectivity index (χ1v) is 6.90. The molecule has 0 unspecified atom stereocenters. The average molecular weight is 243 g/mol. The SMILES string of the molecule is CCCCS(=O)(=O)Nc1ccc(C)cc1O. The van der Waals surface area contributed by atoms with E-state index in [1.807, 2.05) is 13.8 Å². The highest BCUT2D eigenvalue weighted by Gasteiger charge is 2.11. The van der Waals surface area contributed by atoms with E-state index in [0.29, 0.717) is 6.42 Å². The van der Waals surface area contributed by atoms with Crippen molar-refractivity contribution in [1.29, 1.82) is 0 Å². The second-order valence-corrected chi connectivity index (χ2v) is 5.64. The molecule has 0 aliphatic carbocycles. The Morgan fingerprint density at radius 2 is 2.06 bits per heavy atom. The Morgan fingerprint density at radius 3 is 2.62 bits per heavy atom. The fourth-order valence-electron chi connectivity index (χ4n) is 1.28. The van der Waals surface area contributed by atoms with E-state index < -0.39 is 10.0 Å². The van der Waals surface area contributed by atoms with Crippen LogP contribution in [0.5, 0.6) is 5.75 Å². The lowest BCUT2D eigenvalue weighted by Gasteiger charge is -2.09. The van der Waals surface area contributed by atoms with Crippen molar-refractivity contribution in [3.8, 4) is 5.75 Å². The predicted octanol–water partition coefficient (Wildman–Crippen LogP) is 2.24. The highest BCUT2D eigenvalue weighted by Crippen LogP contribution is 2.24. The van der Waals surface area contributed by atoms with Crippen molar-refractivity contribution in [2.24, 2.45) is 0 Å². The molecular weight excluding hydrogens is 226 g/mol. The van der Waals surface area contributed by atoms with Gasteiger partial charge in [-0.3, -0.25) is 4.72 Å². The number of phenols is 1. The molecule has 0 aliphatic heterocycles. The molecule has 0 aliphatic rings. The number of phenolic OH excluding ortho intramolecular Hbond substituents is 1. The maximum absolute atomic E-state index is 11.6. The normalized spacial score (nSPS) is 11.4. The highest BCUT2D eigenvalue weighted by atomic mass is 32.2. The monoisotopic (exact) mass is 243 g/mol. The van der Waals surface area contributed by atoms with Crippen molar-refractivity contribution in [3.63, 3.8) is 0 Å². The standard InChI is InChI=1S/C11H17NO3S/c1-3-4-7-16(14,15)12-10-6-5-9(2)8-11(10)13/h5-6,8,12-13H,3-4,7H2,1-2H3. The number of unbranched alkanes of at least 4 members (excludes halogenated alkanes) is 1.